The Balaban J connectivity index is 2.60. The van der Waals surface area contributed by atoms with Gasteiger partial charge in [-0.2, -0.15) is 0 Å². The average molecular weight is 318 g/mol. The van der Waals surface area contributed by atoms with Gasteiger partial charge in [0.1, 0.15) is 0 Å². The van der Waals surface area contributed by atoms with E-state index >= 15 is 0 Å². The predicted molar refractivity (Wildman–Crippen MR) is 76.6 cm³/mol. The lowest BCUT2D eigenvalue weighted by Gasteiger charge is -2.14. The Morgan fingerprint density at radius 1 is 1.29 bits per heavy atom. The van der Waals surface area contributed by atoms with Gasteiger partial charge >= 0.3 is 5.69 Å². The molecule has 10 heteroatoms. The van der Waals surface area contributed by atoms with E-state index in [0.29, 0.717) is 5.69 Å². The van der Waals surface area contributed by atoms with Gasteiger partial charge in [-0.1, -0.05) is 0 Å². The summed E-state index contributed by atoms with van der Waals surface area (Å²) < 4.78 is 23.4. The fourth-order valence-electron chi connectivity index (χ4n) is 1.58. The highest BCUT2D eigenvalue weighted by molar-refractivity contribution is 7.88. The van der Waals surface area contributed by atoms with Crippen molar-refractivity contribution in [3.8, 4) is 0 Å². The zero-order chi connectivity index (χ0) is 16.2. The summed E-state index contributed by atoms with van der Waals surface area (Å²) in [5.41, 5.74) is -0.744. The molecule has 1 aromatic rings. The van der Waals surface area contributed by atoms with Gasteiger partial charge in [-0.3, -0.25) is 14.6 Å². The number of carbonyl (C=O) groups excluding carboxylic acids is 1. The van der Waals surface area contributed by atoms with E-state index in [1.54, 1.807) is 0 Å². The second-order valence-electron chi connectivity index (χ2n) is 4.62. The molecule has 0 aromatic carbocycles. The van der Waals surface area contributed by atoms with E-state index in [-0.39, 0.29) is 25.1 Å². The van der Waals surface area contributed by atoms with E-state index in [9.17, 15) is 22.8 Å². The lowest BCUT2D eigenvalue weighted by Crippen LogP contribution is -2.37. The number of nitrogens with zero attached hydrogens (tertiary/aromatic N) is 1. The van der Waals surface area contributed by atoms with E-state index in [4.69, 9.17) is 0 Å². The van der Waals surface area contributed by atoms with Crippen molar-refractivity contribution >= 4 is 15.9 Å². The van der Waals surface area contributed by atoms with Crippen molar-refractivity contribution < 1.29 is 13.2 Å². The van der Waals surface area contributed by atoms with Crippen LogP contribution in [0.4, 0.5) is 0 Å². The molecule has 1 rings (SSSR count). The second kappa shape index (κ2) is 6.68. The Bertz CT molecular complexity index is 734. The van der Waals surface area contributed by atoms with Crippen LogP contribution in [0.3, 0.4) is 0 Å². The normalized spacial score (nSPS) is 11.6. The quantitative estimate of drug-likeness (QED) is 0.554. The fraction of sp³-hybridized carbons (Fsp3) is 0.545. The third-order valence-electron chi connectivity index (χ3n) is 2.91. The van der Waals surface area contributed by atoms with E-state index < -0.39 is 27.2 Å². The fourth-order valence-corrected chi connectivity index (χ4v) is 2.00. The highest BCUT2D eigenvalue weighted by Crippen LogP contribution is 1.96. The summed E-state index contributed by atoms with van der Waals surface area (Å²) >= 11 is 0. The van der Waals surface area contributed by atoms with Crippen molar-refractivity contribution in [3.05, 3.63) is 32.1 Å². The molecule has 1 aromatic heterocycles. The Hall–Kier alpha value is -1.94. The molecule has 1 amide bonds. The number of nitrogens with one attached hydrogen (secondary N) is 3. The topological polar surface area (TPSA) is 132 Å². The van der Waals surface area contributed by atoms with Gasteiger partial charge in [0.15, 0.2) is 0 Å². The van der Waals surface area contributed by atoms with Crippen molar-refractivity contribution in [2.24, 2.45) is 0 Å². The molecular formula is C11H18N4O5S. The molecule has 0 aliphatic rings. The monoisotopic (exact) mass is 318 g/mol. The first-order valence-corrected chi connectivity index (χ1v) is 7.96. The largest absolute Gasteiger partial charge is 0.354 e. The Labute approximate surface area is 121 Å². The summed E-state index contributed by atoms with van der Waals surface area (Å²) in [6.07, 6.45) is 0.874. The van der Waals surface area contributed by atoms with Crippen LogP contribution in [0.1, 0.15) is 11.3 Å². The van der Waals surface area contributed by atoms with Crippen LogP contribution in [0.5, 0.6) is 0 Å². The number of aryl methyl sites for hydroxylation is 1. The van der Waals surface area contributed by atoms with Crippen molar-refractivity contribution in [3.63, 3.8) is 0 Å². The van der Waals surface area contributed by atoms with Crippen molar-refractivity contribution in [2.75, 3.05) is 26.4 Å². The predicted octanol–water partition coefficient (Wildman–Crippen LogP) is -2.08. The summed E-state index contributed by atoms with van der Waals surface area (Å²) in [4.78, 5) is 38.7. The summed E-state index contributed by atoms with van der Waals surface area (Å²) in [7, 11) is -1.89. The molecule has 9 nitrogen and oxygen atoms in total. The van der Waals surface area contributed by atoms with Crippen LogP contribution in [0.25, 0.3) is 0 Å². The first-order valence-electron chi connectivity index (χ1n) is 6.11. The first kappa shape index (κ1) is 17.1. The maximum absolute atomic E-state index is 11.7. The van der Waals surface area contributed by atoms with Crippen LogP contribution in [0.15, 0.2) is 9.59 Å². The Kier molecular flexibility index (Phi) is 5.44. The first-order chi connectivity index (χ1) is 9.61. The van der Waals surface area contributed by atoms with Gasteiger partial charge in [0.05, 0.1) is 12.7 Å². The number of carbonyl (C=O) groups is 1. The molecule has 0 bridgehead atoms. The summed E-state index contributed by atoms with van der Waals surface area (Å²) in [5.74, 6) is -0.433. The molecule has 0 fully saturated rings. The van der Waals surface area contributed by atoms with Gasteiger partial charge in [0.25, 0.3) is 5.56 Å². The molecule has 1 heterocycles. The lowest BCUT2D eigenvalue weighted by molar-refractivity contribution is -0.120. The maximum atomic E-state index is 11.7. The number of amides is 1. The molecule has 0 aliphatic carbocycles. The molecular weight excluding hydrogens is 300 g/mol. The van der Waals surface area contributed by atoms with Gasteiger partial charge in [0.2, 0.25) is 15.9 Å². The highest BCUT2D eigenvalue weighted by atomic mass is 32.2. The van der Waals surface area contributed by atoms with Gasteiger partial charge < -0.3 is 10.3 Å². The van der Waals surface area contributed by atoms with Crippen molar-refractivity contribution in [1.82, 2.24) is 19.6 Å². The third kappa shape index (κ3) is 5.16. The molecule has 0 unspecified atom stereocenters. The van der Waals surface area contributed by atoms with Crippen LogP contribution in [0, 0.1) is 6.92 Å². The van der Waals surface area contributed by atoms with Crippen molar-refractivity contribution in [2.45, 2.75) is 13.3 Å². The zero-order valence-electron chi connectivity index (χ0n) is 12.0. The molecule has 118 valence electrons. The van der Waals surface area contributed by atoms with Crippen LogP contribution in [-0.2, 0) is 21.2 Å². The molecule has 0 radical (unpaired) electrons. The molecule has 0 spiro atoms. The van der Waals surface area contributed by atoms with Crippen LogP contribution in [-0.4, -0.2) is 55.0 Å². The smallest absolute Gasteiger partial charge is 0.325 e. The number of rotatable bonds is 6. The van der Waals surface area contributed by atoms with Gasteiger partial charge in [-0.05, 0) is 6.92 Å². The number of aromatic nitrogens is 2. The minimum absolute atomic E-state index is 0.128. The molecule has 21 heavy (non-hydrogen) atoms. The second-order valence-corrected chi connectivity index (χ2v) is 6.71. The van der Waals surface area contributed by atoms with Crippen molar-refractivity contribution in [1.29, 1.82) is 0 Å². The minimum Gasteiger partial charge on any atom is -0.354 e. The molecule has 0 saturated carbocycles. The van der Waals surface area contributed by atoms with E-state index in [1.807, 2.05) is 4.98 Å². The maximum Gasteiger partial charge on any atom is 0.325 e. The summed E-state index contributed by atoms with van der Waals surface area (Å²) in [6, 6.07) is 0. The minimum atomic E-state index is -3.29. The average Bonchev–Trinajstić information content (AvgIpc) is 2.32. The zero-order valence-corrected chi connectivity index (χ0v) is 12.8. The molecule has 3 N–H and O–H groups in total. The van der Waals surface area contributed by atoms with E-state index in [1.165, 1.54) is 14.0 Å². The van der Waals surface area contributed by atoms with Gasteiger partial charge in [0, 0.05) is 31.4 Å². The number of H-pyrrole nitrogens is 2. The standard InChI is InChI=1S/C11H18N4O5S/c1-7-8(10(17)14-11(18)13-7)6-9(16)12-4-5-15(2)21(3,19)20/h4-6H2,1-3H3,(H,12,16)(H2,13,14,17,18). The van der Waals surface area contributed by atoms with Crippen LogP contribution < -0.4 is 16.6 Å². The SMILES string of the molecule is Cc1[nH]c(=O)[nH]c(=O)c1CC(=O)NCCN(C)S(C)(=O)=O. The number of likely N-dealkylation sites (N-methyl/N-ethyl adjacent to an activating group) is 1. The van der Waals surface area contributed by atoms with E-state index in [2.05, 4.69) is 10.3 Å². The molecule has 0 atom stereocenters. The number of hydrogen-bond donors (Lipinski definition) is 3. The summed E-state index contributed by atoms with van der Waals surface area (Å²) in [6.45, 7) is 1.78. The van der Waals surface area contributed by atoms with Crippen LogP contribution in [0.2, 0.25) is 0 Å². The molecule has 0 aliphatic heterocycles. The Morgan fingerprint density at radius 2 is 1.90 bits per heavy atom. The number of aromatic amines is 2. The number of hydrogen-bond acceptors (Lipinski definition) is 5. The van der Waals surface area contributed by atoms with E-state index in [0.717, 1.165) is 10.6 Å². The Morgan fingerprint density at radius 3 is 2.43 bits per heavy atom. The van der Waals surface area contributed by atoms with Gasteiger partial charge in [-0.15, -0.1) is 0 Å². The number of sulfonamides is 1. The van der Waals surface area contributed by atoms with Crippen LogP contribution >= 0.6 is 0 Å². The highest BCUT2D eigenvalue weighted by Gasteiger charge is 2.13. The van der Waals surface area contributed by atoms with Gasteiger partial charge in [-0.25, -0.2) is 17.5 Å². The third-order valence-corrected chi connectivity index (χ3v) is 4.22. The molecule has 0 saturated heterocycles. The lowest BCUT2D eigenvalue weighted by atomic mass is 10.1. The summed E-state index contributed by atoms with van der Waals surface area (Å²) in [5, 5.41) is 2.51.